The van der Waals surface area contributed by atoms with Crippen LogP contribution in [-0.4, -0.2) is 10.3 Å². The lowest BCUT2D eigenvalue weighted by Crippen LogP contribution is -2.12. The molecule has 110 valence electrons. The van der Waals surface area contributed by atoms with Gasteiger partial charge in [0.1, 0.15) is 16.5 Å². The quantitative estimate of drug-likeness (QED) is 0.772. The second kappa shape index (κ2) is 6.41. The highest BCUT2D eigenvalue weighted by molar-refractivity contribution is 7.10. The molecular formula is C17H14N2O2S. The van der Waals surface area contributed by atoms with Crippen LogP contribution in [0.15, 0.2) is 60.7 Å². The molecule has 0 saturated carbocycles. The number of aromatic nitrogens is 1. The van der Waals surface area contributed by atoms with Gasteiger partial charge in [-0.25, -0.2) is 0 Å². The summed E-state index contributed by atoms with van der Waals surface area (Å²) in [6, 6.07) is 18.4. The molecule has 0 aliphatic heterocycles. The molecule has 3 rings (SSSR count). The number of carbonyl (C=O) groups is 1. The molecule has 0 unspecified atom stereocenters. The van der Waals surface area contributed by atoms with E-state index in [1.54, 1.807) is 12.1 Å². The van der Waals surface area contributed by atoms with E-state index in [9.17, 15) is 4.79 Å². The van der Waals surface area contributed by atoms with E-state index in [1.807, 2.05) is 55.5 Å². The summed E-state index contributed by atoms with van der Waals surface area (Å²) in [7, 11) is 0. The number of aryl methyl sites for hydroxylation is 1. The van der Waals surface area contributed by atoms with Crippen LogP contribution >= 0.6 is 11.5 Å². The molecule has 4 nitrogen and oxygen atoms in total. The molecule has 0 spiro atoms. The van der Waals surface area contributed by atoms with Crippen molar-refractivity contribution in [2.24, 2.45) is 0 Å². The maximum Gasteiger partial charge on any atom is 0.260 e. The van der Waals surface area contributed by atoms with Crippen molar-refractivity contribution in [3.8, 4) is 11.5 Å². The minimum Gasteiger partial charge on any atom is -0.457 e. The zero-order valence-corrected chi connectivity index (χ0v) is 12.8. The molecule has 0 fully saturated rings. The Hall–Kier alpha value is -2.66. The zero-order chi connectivity index (χ0) is 15.4. The summed E-state index contributed by atoms with van der Waals surface area (Å²) in [5, 5.41) is 3.56. The average Bonchev–Trinajstić information content (AvgIpc) is 2.94. The number of anilines is 1. The number of amides is 1. The summed E-state index contributed by atoms with van der Waals surface area (Å²) in [6.07, 6.45) is 0. The van der Waals surface area contributed by atoms with E-state index in [1.165, 1.54) is 11.5 Å². The maximum absolute atomic E-state index is 12.4. The third-order valence-corrected chi connectivity index (χ3v) is 3.76. The van der Waals surface area contributed by atoms with Gasteiger partial charge in [0.15, 0.2) is 0 Å². The Morgan fingerprint density at radius 3 is 2.55 bits per heavy atom. The highest BCUT2D eigenvalue weighted by Gasteiger charge is 2.14. The summed E-state index contributed by atoms with van der Waals surface area (Å²) in [6.45, 7) is 1.89. The van der Waals surface area contributed by atoms with Crippen LogP contribution in [0, 0.1) is 6.92 Å². The summed E-state index contributed by atoms with van der Waals surface area (Å²) >= 11 is 1.26. The van der Waals surface area contributed by atoms with Crippen molar-refractivity contribution in [3.63, 3.8) is 0 Å². The van der Waals surface area contributed by atoms with Crippen molar-refractivity contribution in [1.29, 1.82) is 0 Å². The van der Waals surface area contributed by atoms with E-state index < -0.39 is 0 Å². The number of carbonyl (C=O) groups excluding carboxylic acids is 1. The van der Waals surface area contributed by atoms with Crippen LogP contribution < -0.4 is 10.1 Å². The first-order valence-corrected chi connectivity index (χ1v) is 7.56. The molecule has 1 amide bonds. The highest BCUT2D eigenvalue weighted by Crippen LogP contribution is 2.26. The molecule has 1 heterocycles. The van der Waals surface area contributed by atoms with Gasteiger partial charge in [-0.2, -0.15) is 4.37 Å². The lowest BCUT2D eigenvalue weighted by Gasteiger charge is -2.10. The van der Waals surface area contributed by atoms with Gasteiger partial charge in [0, 0.05) is 0 Å². The number of rotatable bonds is 4. The molecular weight excluding hydrogens is 296 g/mol. The number of ether oxygens (including phenoxy) is 1. The fourth-order valence-electron chi connectivity index (χ4n) is 1.96. The van der Waals surface area contributed by atoms with E-state index in [0.717, 1.165) is 10.7 Å². The Labute approximate surface area is 132 Å². The van der Waals surface area contributed by atoms with Crippen molar-refractivity contribution in [2.45, 2.75) is 6.92 Å². The molecule has 1 aromatic heterocycles. The van der Waals surface area contributed by atoms with E-state index >= 15 is 0 Å². The Balaban J connectivity index is 1.83. The fourth-order valence-corrected chi connectivity index (χ4v) is 2.62. The molecule has 3 aromatic rings. The van der Waals surface area contributed by atoms with E-state index in [-0.39, 0.29) is 5.91 Å². The maximum atomic E-state index is 12.4. The first-order valence-electron chi connectivity index (χ1n) is 6.79. The SMILES string of the molecule is Cc1cc(NC(=O)c2ccccc2Oc2ccccc2)sn1. The Kier molecular flexibility index (Phi) is 4.16. The number of nitrogens with one attached hydrogen (secondary N) is 1. The monoisotopic (exact) mass is 310 g/mol. The van der Waals surface area contributed by atoms with Crippen LogP contribution in [0.1, 0.15) is 16.1 Å². The van der Waals surface area contributed by atoms with Gasteiger partial charge in [0.25, 0.3) is 5.91 Å². The van der Waals surface area contributed by atoms with Crippen molar-refractivity contribution < 1.29 is 9.53 Å². The van der Waals surface area contributed by atoms with Gasteiger partial charge in [-0.05, 0) is 48.8 Å². The van der Waals surface area contributed by atoms with Crippen LogP contribution in [0.2, 0.25) is 0 Å². The van der Waals surface area contributed by atoms with Gasteiger partial charge in [-0.3, -0.25) is 4.79 Å². The average molecular weight is 310 g/mol. The van der Waals surface area contributed by atoms with Gasteiger partial charge < -0.3 is 10.1 Å². The predicted molar refractivity (Wildman–Crippen MR) is 87.8 cm³/mol. The second-order valence-electron chi connectivity index (χ2n) is 4.70. The summed E-state index contributed by atoms with van der Waals surface area (Å²) in [4.78, 5) is 12.4. The molecule has 0 atom stereocenters. The summed E-state index contributed by atoms with van der Waals surface area (Å²) < 4.78 is 9.95. The van der Waals surface area contributed by atoms with E-state index in [2.05, 4.69) is 9.69 Å². The van der Waals surface area contributed by atoms with Crippen molar-refractivity contribution in [2.75, 3.05) is 5.32 Å². The van der Waals surface area contributed by atoms with Crippen molar-refractivity contribution in [3.05, 3.63) is 71.9 Å². The lowest BCUT2D eigenvalue weighted by atomic mass is 10.2. The highest BCUT2D eigenvalue weighted by atomic mass is 32.1. The van der Waals surface area contributed by atoms with Crippen LogP contribution in [-0.2, 0) is 0 Å². The third-order valence-electron chi connectivity index (χ3n) is 2.97. The molecule has 22 heavy (non-hydrogen) atoms. The Bertz CT molecular complexity index is 784. The van der Waals surface area contributed by atoms with Gasteiger partial charge in [0.05, 0.1) is 11.3 Å². The molecule has 0 saturated heterocycles. The number of hydrogen-bond donors (Lipinski definition) is 1. The van der Waals surface area contributed by atoms with Crippen LogP contribution in [0.3, 0.4) is 0 Å². The van der Waals surface area contributed by atoms with Gasteiger partial charge in [-0.15, -0.1) is 0 Å². The topological polar surface area (TPSA) is 51.2 Å². The minimum atomic E-state index is -0.213. The van der Waals surface area contributed by atoms with Crippen molar-refractivity contribution in [1.82, 2.24) is 4.37 Å². The second-order valence-corrected chi connectivity index (χ2v) is 5.50. The molecule has 1 N–H and O–H groups in total. The number of nitrogens with zero attached hydrogens (tertiary/aromatic N) is 1. The van der Waals surface area contributed by atoms with Crippen LogP contribution in [0.4, 0.5) is 5.00 Å². The molecule has 0 aliphatic carbocycles. The molecule has 0 bridgehead atoms. The summed E-state index contributed by atoms with van der Waals surface area (Å²) in [5.74, 6) is 0.999. The first-order chi connectivity index (χ1) is 10.7. The largest absolute Gasteiger partial charge is 0.457 e. The van der Waals surface area contributed by atoms with Crippen LogP contribution in [0.5, 0.6) is 11.5 Å². The predicted octanol–water partition coefficient (Wildman–Crippen LogP) is 4.50. The Morgan fingerprint density at radius 1 is 1.09 bits per heavy atom. The lowest BCUT2D eigenvalue weighted by molar-refractivity contribution is 0.102. The molecule has 5 heteroatoms. The summed E-state index contributed by atoms with van der Waals surface area (Å²) in [5.41, 5.74) is 1.37. The fraction of sp³-hybridized carbons (Fsp3) is 0.0588. The normalized spacial score (nSPS) is 10.2. The smallest absolute Gasteiger partial charge is 0.260 e. The molecule has 0 radical (unpaired) electrons. The molecule has 2 aromatic carbocycles. The zero-order valence-electron chi connectivity index (χ0n) is 11.9. The van der Waals surface area contributed by atoms with Gasteiger partial charge in [-0.1, -0.05) is 30.3 Å². The van der Waals surface area contributed by atoms with E-state index in [0.29, 0.717) is 17.1 Å². The minimum absolute atomic E-state index is 0.213. The number of benzene rings is 2. The number of para-hydroxylation sites is 2. The standard InChI is InChI=1S/C17H14N2O2S/c1-12-11-16(22-19-12)18-17(20)14-9-5-6-10-15(14)21-13-7-3-2-4-8-13/h2-11H,1H3,(H,18,20). The van der Waals surface area contributed by atoms with E-state index in [4.69, 9.17) is 4.74 Å². The first kappa shape index (κ1) is 14.3. The van der Waals surface area contributed by atoms with Crippen LogP contribution in [0.25, 0.3) is 0 Å². The number of hydrogen-bond acceptors (Lipinski definition) is 4. The van der Waals surface area contributed by atoms with Gasteiger partial charge >= 0.3 is 0 Å². The Morgan fingerprint density at radius 2 is 1.82 bits per heavy atom. The third kappa shape index (κ3) is 3.32. The van der Waals surface area contributed by atoms with Gasteiger partial charge in [0.2, 0.25) is 0 Å². The van der Waals surface area contributed by atoms with Crippen molar-refractivity contribution >= 4 is 22.4 Å². The molecule has 0 aliphatic rings.